The zero-order valence-electron chi connectivity index (χ0n) is 15.2. The largest absolute Gasteiger partial charge is 0.504 e. The fourth-order valence-corrected chi connectivity index (χ4v) is 3.81. The van der Waals surface area contributed by atoms with Crippen LogP contribution in [0.15, 0.2) is 0 Å². The van der Waals surface area contributed by atoms with Gasteiger partial charge in [0.15, 0.2) is 0 Å². The van der Waals surface area contributed by atoms with Crippen LogP contribution in [-0.4, -0.2) is 39.3 Å². The summed E-state index contributed by atoms with van der Waals surface area (Å²) in [5.74, 6) is 0.776. The lowest BCUT2D eigenvalue weighted by atomic mass is 10.0. The Bertz CT molecular complexity index is 217. The summed E-state index contributed by atoms with van der Waals surface area (Å²) in [5.41, 5.74) is 0. The molecule has 0 heterocycles. The Balaban J connectivity index is 3.11. The molecule has 130 valence electrons. The highest BCUT2D eigenvalue weighted by Crippen LogP contribution is 2.20. The third-order valence-electron chi connectivity index (χ3n) is 4.11. The minimum atomic E-state index is -0.337. The van der Waals surface area contributed by atoms with Crippen molar-refractivity contribution in [2.75, 3.05) is 20.0 Å². The van der Waals surface area contributed by atoms with Gasteiger partial charge in [-0.2, -0.15) is 0 Å². The summed E-state index contributed by atoms with van der Waals surface area (Å²) in [7, 11) is 5.98. The number of rotatable bonds is 17. The molecule has 0 aromatic heterocycles. The maximum atomic E-state index is 5.98. The molecule has 4 heteroatoms. The molecule has 0 rings (SSSR count). The number of hydrogen-bond donors (Lipinski definition) is 0. The smallest absolute Gasteiger partial charge is 0.355 e. The summed E-state index contributed by atoms with van der Waals surface area (Å²) >= 11 is -0.337. The normalized spacial score (nSPS) is 13.8. The molecule has 0 aromatic carbocycles. The summed E-state index contributed by atoms with van der Waals surface area (Å²) < 4.78 is 11.8. The summed E-state index contributed by atoms with van der Waals surface area (Å²) in [4.78, 5) is 0. The molecule has 0 N–H and O–H groups in total. The molecule has 2 unspecified atom stereocenters. The molecule has 0 amide bonds. The predicted molar refractivity (Wildman–Crippen MR) is 98.8 cm³/mol. The van der Waals surface area contributed by atoms with Gasteiger partial charge in [0.25, 0.3) is 0 Å². The minimum absolute atomic E-state index is 0.337. The molecule has 0 radical (unpaired) electrons. The maximum absolute atomic E-state index is 5.98. The second-order valence-electron chi connectivity index (χ2n) is 6.80. The first-order valence-corrected chi connectivity index (χ1v) is 12.4. The molecular weight excluding hydrogens is 308 g/mol. The van der Waals surface area contributed by atoms with E-state index in [2.05, 4.69) is 20.8 Å². The van der Waals surface area contributed by atoms with Crippen molar-refractivity contribution in [1.82, 2.24) is 0 Å². The van der Waals surface area contributed by atoms with Gasteiger partial charge in [0, 0.05) is 13.2 Å². The molecule has 0 bridgehead atoms. The predicted octanol–water partition coefficient (Wildman–Crippen LogP) is 6.20. The lowest BCUT2D eigenvalue weighted by Crippen LogP contribution is -2.06. The Hall–Kier alpha value is 0.976. The van der Waals surface area contributed by atoms with E-state index in [0.717, 1.165) is 29.6 Å². The van der Waals surface area contributed by atoms with Crippen molar-refractivity contribution in [3.05, 3.63) is 0 Å². The van der Waals surface area contributed by atoms with Crippen molar-refractivity contribution >= 4 is 28.3 Å². The highest BCUT2D eigenvalue weighted by Gasteiger charge is 2.09. The molecule has 0 aliphatic carbocycles. The molecule has 0 saturated carbocycles. The summed E-state index contributed by atoms with van der Waals surface area (Å²) in [6.07, 6.45) is 13.0. The zero-order chi connectivity index (χ0) is 16.5. The molecule has 0 aromatic rings. The Labute approximate surface area is 152 Å². The minimum Gasteiger partial charge on any atom is -0.355 e. The van der Waals surface area contributed by atoms with E-state index in [0.29, 0.717) is 6.79 Å². The van der Waals surface area contributed by atoms with Gasteiger partial charge < -0.3 is 18.5 Å². The fourth-order valence-electron chi connectivity index (χ4n) is 2.74. The van der Waals surface area contributed by atoms with E-state index in [9.17, 15) is 0 Å². The van der Waals surface area contributed by atoms with E-state index >= 15 is 0 Å². The highest BCUT2D eigenvalue weighted by atomic mass is 35.5. The van der Waals surface area contributed by atoms with E-state index < -0.39 is 0 Å². The monoisotopic (exact) mass is 344 g/mol. The standard InChI is InChI=1S/C18H37O2.ClH.Mg/c1-4-6-7-8-9-10-11-15-19-17-20-16-12-14-18(3)13-5-2;;/h5,18H,4,6-17H2,1-3H3;1H;/q;;+1/p-1. The summed E-state index contributed by atoms with van der Waals surface area (Å²) in [5, 5.41) is 0. The Morgan fingerprint density at radius 3 is 2.09 bits per heavy atom. The van der Waals surface area contributed by atoms with Crippen molar-refractivity contribution in [1.29, 1.82) is 0 Å². The van der Waals surface area contributed by atoms with Gasteiger partial charge in [0.05, 0.1) is 0 Å². The molecule has 0 fully saturated rings. The third kappa shape index (κ3) is 17.3. The van der Waals surface area contributed by atoms with Crippen LogP contribution in [0.25, 0.3) is 0 Å². The Kier molecular flexibility index (Phi) is 19.1. The van der Waals surface area contributed by atoms with Crippen LogP contribution in [0.5, 0.6) is 0 Å². The van der Waals surface area contributed by atoms with Crippen molar-refractivity contribution in [3.63, 3.8) is 0 Å². The summed E-state index contributed by atoms with van der Waals surface area (Å²) in [6, 6.07) is 0. The molecule has 2 nitrogen and oxygen atoms in total. The second kappa shape index (κ2) is 18.3. The van der Waals surface area contributed by atoms with Gasteiger partial charge in [-0.3, -0.25) is 0 Å². The molecule has 2 atom stereocenters. The van der Waals surface area contributed by atoms with Crippen LogP contribution in [0.1, 0.15) is 85.0 Å². The first-order chi connectivity index (χ1) is 10.7. The van der Waals surface area contributed by atoms with E-state index in [4.69, 9.17) is 18.5 Å². The number of halogens is 1. The van der Waals surface area contributed by atoms with E-state index in [1.54, 1.807) is 0 Å². The van der Waals surface area contributed by atoms with Gasteiger partial charge in [-0.1, -0.05) is 65.7 Å². The van der Waals surface area contributed by atoms with Crippen LogP contribution in [0, 0.1) is 5.92 Å². The molecule has 0 aliphatic heterocycles. The van der Waals surface area contributed by atoms with Gasteiger partial charge in [-0.15, -0.1) is 4.05 Å². The molecule has 22 heavy (non-hydrogen) atoms. The second-order valence-corrected chi connectivity index (χ2v) is 9.43. The first kappa shape index (κ1) is 23.0. The molecule has 0 spiro atoms. The van der Waals surface area contributed by atoms with Crippen molar-refractivity contribution in [2.45, 2.75) is 89.0 Å². The van der Waals surface area contributed by atoms with E-state index in [1.807, 2.05) is 0 Å². The van der Waals surface area contributed by atoms with E-state index in [-0.39, 0.29) is 19.3 Å². The SMILES string of the molecule is CCCCCCCCCOCOCCCC(C)C[CH](C)[Mg][Cl]. The number of ether oxygens (including phenoxy) is 2. The van der Waals surface area contributed by atoms with Gasteiger partial charge >= 0.3 is 19.3 Å². The zero-order valence-corrected chi connectivity index (χ0v) is 17.4. The molecule has 0 saturated heterocycles. The van der Waals surface area contributed by atoms with Crippen molar-refractivity contribution < 1.29 is 9.47 Å². The van der Waals surface area contributed by atoms with E-state index in [1.165, 1.54) is 57.8 Å². The van der Waals surface area contributed by atoms with Crippen LogP contribution in [0.3, 0.4) is 0 Å². The fraction of sp³-hybridized carbons (Fsp3) is 1.00. The summed E-state index contributed by atoms with van der Waals surface area (Å²) in [6.45, 7) is 9.01. The van der Waals surface area contributed by atoms with Crippen molar-refractivity contribution in [3.8, 4) is 0 Å². The quantitative estimate of drug-likeness (QED) is 0.177. The maximum Gasteiger partial charge on any atom is 0.504 e. The van der Waals surface area contributed by atoms with Crippen LogP contribution in [-0.2, 0) is 9.47 Å². The average Bonchev–Trinajstić information content (AvgIpc) is 2.51. The molecule has 0 aliphatic rings. The number of hydrogen-bond acceptors (Lipinski definition) is 2. The van der Waals surface area contributed by atoms with Gasteiger partial charge in [-0.05, 0) is 25.2 Å². The highest BCUT2D eigenvalue weighted by molar-refractivity contribution is 6.94. The van der Waals surface area contributed by atoms with Crippen LogP contribution < -0.4 is 0 Å². The Morgan fingerprint density at radius 2 is 1.45 bits per heavy atom. The van der Waals surface area contributed by atoms with Gasteiger partial charge in [-0.25, -0.2) is 0 Å². The van der Waals surface area contributed by atoms with Crippen LogP contribution >= 0.6 is 9.07 Å². The van der Waals surface area contributed by atoms with Crippen LogP contribution in [0.2, 0.25) is 4.05 Å². The van der Waals surface area contributed by atoms with Gasteiger partial charge in [0.2, 0.25) is 0 Å². The third-order valence-corrected chi connectivity index (χ3v) is 6.55. The molecular formula is C18H37ClMgO2. The number of unbranched alkanes of at least 4 members (excludes halogenated alkanes) is 6. The van der Waals surface area contributed by atoms with Crippen molar-refractivity contribution in [2.24, 2.45) is 5.92 Å². The topological polar surface area (TPSA) is 18.5 Å². The lowest BCUT2D eigenvalue weighted by Gasteiger charge is -2.15. The lowest BCUT2D eigenvalue weighted by molar-refractivity contribution is -0.0561. The first-order valence-electron chi connectivity index (χ1n) is 9.42. The average molecular weight is 345 g/mol. The van der Waals surface area contributed by atoms with Crippen LogP contribution in [0.4, 0.5) is 0 Å². The Morgan fingerprint density at radius 1 is 0.864 bits per heavy atom. The van der Waals surface area contributed by atoms with Gasteiger partial charge in [0.1, 0.15) is 6.79 Å².